The Bertz CT molecular complexity index is 966. The van der Waals surface area contributed by atoms with E-state index in [9.17, 15) is 9.59 Å². The molecule has 0 unspecified atom stereocenters. The molecule has 1 aromatic heterocycles. The molecule has 0 aliphatic rings. The highest BCUT2D eigenvalue weighted by molar-refractivity contribution is 6.32. The number of Topliss-reactive ketones (excluding diaryl/α,β-unsaturated/α-hetero) is 1. The maximum Gasteiger partial charge on any atom is 0.342 e. The van der Waals surface area contributed by atoms with Gasteiger partial charge in [-0.05, 0) is 26.0 Å². The summed E-state index contributed by atoms with van der Waals surface area (Å²) in [6, 6.07) is 17.6. The molecule has 4 nitrogen and oxygen atoms in total. The zero-order valence-electron chi connectivity index (χ0n) is 15.0. The van der Waals surface area contributed by atoms with Crippen LogP contribution >= 0.6 is 11.6 Å². The third-order valence-electron chi connectivity index (χ3n) is 4.16. The van der Waals surface area contributed by atoms with E-state index in [1.807, 2.05) is 38.1 Å². The van der Waals surface area contributed by atoms with Crippen molar-refractivity contribution in [1.29, 1.82) is 0 Å². The van der Waals surface area contributed by atoms with Gasteiger partial charge in [-0.15, -0.1) is 0 Å². The normalized spacial score (nSPS) is 11.7. The van der Waals surface area contributed by atoms with Gasteiger partial charge >= 0.3 is 5.97 Å². The Hall–Kier alpha value is -2.98. The summed E-state index contributed by atoms with van der Waals surface area (Å²) >= 11 is 5.99. The van der Waals surface area contributed by atoms with Crippen molar-refractivity contribution in [3.8, 4) is 0 Å². The second-order valence-electron chi connectivity index (χ2n) is 6.27. The number of ketones is 1. The van der Waals surface area contributed by atoms with Crippen LogP contribution in [0.15, 0.2) is 66.9 Å². The monoisotopic (exact) mass is 379 g/mol. The van der Waals surface area contributed by atoms with Crippen LogP contribution in [0.1, 0.15) is 43.5 Å². The maximum atomic E-state index is 13.1. The minimum Gasteiger partial charge on any atom is -0.445 e. The Morgan fingerprint density at radius 3 is 2.11 bits per heavy atom. The standard InChI is InChI=1S/C22H18ClNO3/c1-14-5-9-16(10-6-14)19(25)20(17-11-7-15(2)8-12-17)27-22(26)18-4-3-13-24-21(18)23/h3-13,20H,1-2H3/t20-/m0/s1. The Morgan fingerprint density at radius 1 is 0.926 bits per heavy atom. The summed E-state index contributed by atoms with van der Waals surface area (Å²) in [6.45, 7) is 3.89. The van der Waals surface area contributed by atoms with Gasteiger partial charge in [0.2, 0.25) is 5.78 Å². The fraction of sp³-hybridized carbons (Fsp3) is 0.136. The van der Waals surface area contributed by atoms with E-state index in [1.54, 1.807) is 30.3 Å². The number of carbonyl (C=O) groups excluding carboxylic acids is 2. The first kappa shape index (κ1) is 18.8. The molecule has 0 amide bonds. The highest BCUT2D eigenvalue weighted by atomic mass is 35.5. The molecule has 0 spiro atoms. The van der Waals surface area contributed by atoms with Crippen LogP contribution in [-0.4, -0.2) is 16.7 Å². The summed E-state index contributed by atoms with van der Waals surface area (Å²) < 4.78 is 5.58. The Morgan fingerprint density at radius 2 is 1.52 bits per heavy atom. The van der Waals surface area contributed by atoms with E-state index in [4.69, 9.17) is 16.3 Å². The molecule has 0 saturated carbocycles. The molecular weight excluding hydrogens is 362 g/mol. The van der Waals surface area contributed by atoms with Gasteiger partial charge in [-0.3, -0.25) is 4.79 Å². The summed E-state index contributed by atoms with van der Waals surface area (Å²) in [5, 5.41) is 0.0351. The van der Waals surface area contributed by atoms with Crippen molar-refractivity contribution in [2.24, 2.45) is 0 Å². The van der Waals surface area contributed by atoms with Gasteiger partial charge < -0.3 is 4.74 Å². The minimum absolute atomic E-state index is 0.0351. The summed E-state index contributed by atoms with van der Waals surface area (Å²) in [4.78, 5) is 29.6. The van der Waals surface area contributed by atoms with E-state index in [0.29, 0.717) is 11.1 Å². The zero-order chi connectivity index (χ0) is 19.4. The molecule has 136 valence electrons. The van der Waals surface area contributed by atoms with E-state index in [-0.39, 0.29) is 16.5 Å². The number of aryl methyl sites for hydroxylation is 2. The molecule has 2 aromatic carbocycles. The molecule has 0 aliphatic carbocycles. The van der Waals surface area contributed by atoms with Crippen LogP contribution in [-0.2, 0) is 4.74 Å². The Kier molecular flexibility index (Phi) is 5.67. The molecule has 0 bridgehead atoms. The fourth-order valence-electron chi connectivity index (χ4n) is 2.59. The van der Waals surface area contributed by atoms with Gasteiger partial charge in [0.25, 0.3) is 0 Å². The second-order valence-corrected chi connectivity index (χ2v) is 6.63. The van der Waals surface area contributed by atoms with Crippen molar-refractivity contribution in [1.82, 2.24) is 4.98 Å². The van der Waals surface area contributed by atoms with Crippen LogP contribution in [0.25, 0.3) is 0 Å². The van der Waals surface area contributed by atoms with Crippen LogP contribution in [0.3, 0.4) is 0 Å². The first-order chi connectivity index (χ1) is 13.0. The fourth-order valence-corrected chi connectivity index (χ4v) is 2.79. The topological polar surface area (TPSA) is 56.3 Å². The van der Waals surface area contributed by atoms with Crippen LogP contribution in [0.2, 0.25) is 5.15 Å². The number of carbonyl (C=O) groups is 2. The molecule has 1 heterocycles. The predicted octanol–water partition coefficient (Wildman–Crippen LogP) is 5.13. The van der Waals surface area contributed by atoms with E-state index in [1.165, 1.54) is 12.3 Å². The molecule has 0 fully saturated rings. The number of esters is 1. The third-order valence-corrected chi connectivity index (χ3v) is 4.46. The Labute approximate surface area is 162 Å². The van der Waals surface area contributed by atoms with Gasteiger partial charge in [0.15, 0.2) is 6.10 Å². The zero-order valence-corrected chi connectivity index (χ0v) is 15.7. The van der Waals surface area contributed by atoms with Gasteiger partial charge in [0, 0.05) is 17.3 Å². The van der Waals surface area contributed by atoms with Crippen molar-refractivity contribution in [2.45, 2.75) is 20.0 Å². The highest BCUT2D eigenvalue weighted by Crippen LogP contribution is 2.26. The average Bonchev–Trinajstić information content (AvgIpc) is 2.67. The van der Waals surface area contributed by atoms with Crippen molar-refractivity contribution < 1.29 is 14.3 Å². The minimum atomic E-state index is -1.07. The first-order valence-electron chi connectivity index (χ1n) is 8.44. The quantitative estimate of drug-likeness (QED) is 0.350. The smallest absolute Gasteiger partial charge is 0.342 e. The molecule has 3 rings (SSSR count). The van der Waals surface area contributed by atoms with Gasteiger partial charge in [-0.2, -0.15) is 0 Å². The number of halogens is 1. The third kappa shape index (κ3) is 4.41. The summed E-state index contributed by atoms with van der Waals surface area (Å²) in [5.74, 6) is -0.994. The van der Waals surface area contributed by atoms with E-state index < -0.39 is 12.1 Å². The van der Waals surface area contributed by atoms with E-state index in [2.05, 4.69) is 4.98 Å². The summed E-state index contributed by atoms with van der Waals surface area (Å²) in [7, 11) is 0. The number of aromatic nitrogens is 1. The van der Waals surface area contributed by atoms with Crippen molar-refractivity contribution in [3.63, 3.8) is 0 Å². The average molecular weight is 380 g/mol. The van der Waals surface area contributed by atoms with Crippen molar-refractivity contribution >= 4 is 23.4 Å². The molecule has 0 radical (unpaired) electrons. The number of hydrogen-bond donors (Lipinski definition) is 0. The second kappa shape index (κ2) is 8.14. The molecule has 3 aromatic rings. The Balaban J connectivity index is 1.96. The largest absolute Gasteiger partial charge is 0.445 e. The lowest BCUT2D eigenvalue weighted by Gasteiger charge is -2.18. The van der Waals surface area contributed by atoms with E-state index >= 15 is 0 Å². The maximum absolute atomic E-state index is 13.1. The number of benzene rings is 2. The van der Waals surface area contributed by atoms with Gasteiger partial charge in [-0.1, -0.05) is 71.3 Å². The first-order valence-corrected chi connectivity index (χ1v) is 8.82. The number of ether oxygens (including phenoxy) is 1. The number of pyridine rings is 1. The molecule has 0 saturated heterocycles. The number of hydrogen-bond acceptors (Lipinski definition) is 4. The predicted molar refractivity (Wildman–Crippen MR) is 104 cm³/mol. The molecular formula is C22H18ClNO3. The van der Waals surface area contributed by atoms with Crippen LogP contribution in [0.5, 0.6) is 0 Å². The molecule has 1 atom stereocenters. The van der Waals surface area contributed by atoms with E-state index in [0.717, 1.165) is 11.1 Å². The molecule has 27 heavy (non-hydrogen) atoms. The highest BCUT2D eigenvalue weighted by Gasteiger charge is 2.27. The SMILES string of the molecule is Cc1ccc(C(=O)[C@@H](OC(=O)c2cccnc2Cl)c2ccc(C)cc2)cc1. The molecule has 5 heteroatoms. The lowest BCUT2D eigenvalue weighted by molar-refractivity contribution is 0.0280. The van der Waals surface area contributed by atoms with Gasteiger partial charge in [-0.25, -0.2) is 9.78 Å². The molecule has 0 N–H and O–H groups in total. The lowest BCUT2D eigenvalue weighted by atomic mass is 9.98. The van der Waals surface area contributed by atoms with Gasteiger partial charge in [0.05, 0.1) is 5.56 Å². The van der Waals surface area contributed by atoms with Crippen LogP contribution in [0, 0.1) is 13.8 Å². The number of rotatable bonds is 5. The lowest BCUT2D eigenvalue weighted by Crippen LogP contribution is -2.20. The van der Waals surface area contributed by atoms with Crippen molar-refractivity contribution in [2.75, 3.05) is 0 Å². The number of nitrogens with zero attached hydrogens (tertiary/aromatic N) is 1. The summed E-state index contributed by atoms with van der Waals surface area (Å²) in [5.41, 5.74) is 3.27. The van der Waals surface area contributed by atoms with Crippen LogP contribution in [0.4, 0.5) is 0 Å². The molecule has 0 aliphatic heterocycles. The summed E-state index contributed by atoms with van der Waals surface area (Å²) in [6.07, 6.45) is 0.408. The van der Waals surface area contributed by atoms with Crippen molar-refractivity contribution in [3.05, 3.63) is 99.8 Å². The van der Waals surface area contributed by atoms with Gasteiger partial charge in [0.1, 0.15) is 5.15 Å². The van der Waals surface area contributed by atoms with Crippen LogP contribution < -0.4 is 0 Å².